The van der Waals surface area contributed by atoms with Crippen LogP contribution < -0.4 is 18.9 Å². The lowest BCUT2D eigenvalue weighted by atomic mass is 9.55. The van der Waals surface area contributed by atoms with Gasteiger partial charge in [0.2, 0.25) is 12.6 Å². The fraction of sp³-hybridized carbons (Fsp3) is 0.390. The van der Waals surface area contributed by atoms with E-state index < -0.39 is 28.8 Å². The summed E-state index contributed by atoms with van der Waals surface area (Å²) in [5.74, 6) is 0.303. The zero-order valence-electron chi connectivity index (χ0n) is 42.7. The molecule has 0 saturated heterocycles. The maximum absolute atomic E-state index is 15.2. The van der Waals surface area contributed by atoms with Crippen LogP contribution in [0.3, 0.4) is 0 Å². The van der Waals surface area contributed by atoms with Crippen LogP contribution in [0.4, 0.5) is 10.5 Å². The van der Waals surface area contributed by atoms with E-state index in [0.29, 0.717) is 59.5 Å². The van der Waals surface area contributed by atoms with E-state index >= 15 is 4.79 Å². The van der Waals surface area contributed by atoms with Gasteiger partial charge in [-0.15, -0.1) is 18.3 Å². The summed E-state index contributed by atoms with van der Waals surface area (Å²) in [5.41, 5.74) is 4.61. The number of carbonyl (C=O) groups excluding carboxylic acids is 1. The number of hydrogen-bond donors (Lipinski definition) is 2. The smallest absolute Gasteiger partial charge is 0.410 e. The highest BCUT2D eigenvalue weighted by Crippen LogP contribution is 2.62. The Kier molecular flexibility index (Phi) is 18.3. The molecule has 2 N–H and O–H groups in total. The Morgan fingerprint density at radius 1 is 0.855 bits per heavy atom. The van der Waals surface area contributed by atoms with Crippen LogP contribution in [-0.2, 0) is 38.8 Å². The molecule has 16 nitrogen and oxygen atoms in total. The first-order valence-electron chi connectivity index (χ1n) is 25.9. The van der Waals surface area contributed by atoms with Gasteiger partial charge in [-0.25, -0.2) is 4.79 Å². The number of aliphatic hydroxyl groups is 2. The van der Waals surface area contributed by atoms with Crippen molar-refractivity contribution in [1.29, 1.82) is 0 Å². The first-order chi connectivity index (χ1) is 37.2. The molecule has 0 radical (unpaired) electrons. The van der Waals surface area contributed by atoms with Gasteiger partial charge in [0.15, 0.2) is 11.5 Å². The summed E-state index contributed by atoms with van der Waals surface area (Å²) in [5, 5.41) is 36.7. The van der Waals surface area contributed by atoms with Crippen molar-refractivity contribution < 1.29 is 57.9 Å². The molecule has 76 heavy (non-hydrogen) atoms. The van der Waals surface area contributed by atoms with Crippen molar-refractivity contribution in [3.63, 3.8) is 0 Å². The van der Waals surface area contributed by atoms with Crippen molar-refractivity contribution in [1.82, 2.24) is 4.90 Å². The predicted octanol–water partition coefficient (Wildman–Crippen LogP) is 11.5. The lowest BCUT2D eigenvalue weighted by molar-refractivity contribution is -0.384. The van der Waals surface area contributed by atoms with Gasteiger partial charge in [-0.05, 0) is 133 Å². The highest BCUT2D eigenvalue weighted by molar-refractivity contribution is 7.98. The number of non-ortho nitro benzene ring substituents is 1. The highest BCUT2D eigenvalue weighted by atomic mass is 32.2. The van der Waals surface area contributed by atoms with Gasteiger partial charge in [-0.3, -0.25) is 15.0 Å². The molecule has 1 fully saturated rings. The normalized spacial score (nSPS) is 21.4. The lowest BCUT2D eigenvalue weighted by Crippen LogP contribution is -2.70. The van der Waals surface area contributed by atoms with Gasteiger partial charge in [-0.1, -0.05) is 66.5 Å². The number of allylic oxidation sites excluding steroid dienone is 1. The molecule has 2 aliphatic carbocycles. The molecule has 0 aromatic heterocycles. The van der Waals surface area contributed by atoms with E-state index in [2.05, 4.69) is 12.7 Å². The number of fused-ring (bicyclic) bond motifs is 3. The number of nitro benzene ring substituents is 1. The van der Waals surface area contributed by atoms with Crippen LogP contribution in [0.2, 0.25) is 0 Å². The molecule has 1 amide bonds. The van der Waals surface area contributed by atoms with Gasteiger partial charge >= 0.3 is 6.09 Å². The minimum absolute atomic E-state index is 0.000748. The molecule has 400 valence electrons. The molecule has 9 rings (SSSR count). The zero-order valence-corrected chi connectivity index (χ0v) is 43.5. The maximum atomic E-state index is 15.2. The number of benzene rings is 5. The number of aliphatic hydroxyl groups excluding tert-OH is 2. The SMILES string of the molecule is C=CCOC12Oc3ccc(Oc4ccc(SC)cc4)cc3C3C(CCCCO)C(CCCCO)C=C(C(=NOCc4ccc([N+](=O)[O-])cc4)CC1N(Cc1ccc4c(c1)OCO4)C(=O)OCCOCc1ccccc1)C32. The number of nitro groups is 1. The van der Waals surface area contributed by atoms with E-state index in [-0.39, 0.29) is 82.8 Å². The molecule has 2 heterocycles. The van der Waals surface area contributed by atoms with E-state index in [1.165, 1.54) is 12.1 Å². The highest BCUT2D eigenvalue weighted by Gasteiger charge is 2.66. The molecule has 5 aromatic rings. The van der Waals surface area contributed by atoms with Gasteiger partial charge in [0.1, 0.15) is 36.5 Å². The van der Waals surface area contributed by atoms with Crippen molar-refractivity contribution in [2.75, 3.05) is 46.1 Å². The minimum Gasteiger partial charge on any atom is -0.459 e. The molecule has 0 spiro atoms. The van der Waals surface area contributed by atoms with Crippen LogP contribution in [0.1, 0.15) is 73.1 Å². The first kappa shape index (κ1) is 53.9. The third-order valence-corrected chi connectivity index (χ3v) is 15.2. The molecule has 6 unspecified atom stereocenters. The Morgan fingerprint density at radius 2 is 1.58 bits per heavy atom. The number of thioether (sulfide) groups is 1. The Hall–Kier alpha value is -6.89. The van der Waals surface area contributed by atoms with Crippen molar-refractivity contribution in [3.05, 3.63) is 172 Å². The Balaban J connectivity index is 1.19. The monoisotopic (exact) mass is 1060 g/mol. The minimum atomic E-state index is -1.60. The lowest BCUT2D eigenvalue weighted by Gasteiger charge is -2.59. The summed E-state index contributed by atoms with van der Waals surface area (Å²) in [7, 11) is 0. The van der Waals surface area contributed by atoms with Gasteiger partial charge in [-0.2, -0.15) is 0 Å². The van der Waals surface area contributed by atoms with Crippen molar-refractivity contribution in [3.8, 4) is 28.7 Å². The number of ether oxygens (including phenoxy) is 7. The maximum Gasteiger partial charge on any atom is 0.410 e. The molecular weight excluding hydrogens is 991 g/mol. The van der Waals surface area contributed by atoms with E-state index in [1.54, 1.807) is 34.9 Å². The standard InChI is InChI=1S/C59H65N3O13S/c1-3-29-72-59-55(61(36-42-17-25-53-54(32-42)71-39-70-53)58(65)69-31-30-68-37-40-11-5-4-6-12-40)35-51(60-73-38-41-15-18-44(19-16-41)62(66)67)49-33-43(13-7-9-27-63)48(14-8-10-28-64)56(57(49)59)50-34-46(22-26-52(50)75-59)74-45-20-23-47(76-2)24-21-45/h3-6,11-12,15-26,32-34,43,48,55-57,63-64H,1,7-10,13-14,27-31,35-39H2,2H3. The Bertz CT molecular complexity index is 2830. The second kappa shape index (κ2) is 25.8. The molecule has 0 bridgehead atoms. The number of carbonyl (C=O) groups is 1. The Labute approximate surface area is 447 Å². The van der Waals surface area contributed by atoms with Crippen molar-refractivity contribution >= 4 is 29.3 Å². The largest absolute Gasteiger partial charge is 0.459 e. The molecule has 5 aromatic carbocycles. The van der Waals surface area contributed by atoms with Crippen molar-refractivity contribution in [2.45, 2.75) is 87.3 Å². The van der Waals surface area contributed by atoms with E-state index in [9.17, 15) is 20.3 Å². The van der Waals surface area contributed by atoms with Gasteiger partial charge in [0, 0.05) is 54.7 Å². The molecule has 4 aliphatic rings. The quantitative estimate of drug-likeness (QED) is 0.0175. The first-order valence-corrected chi connectivity index (χ1v) is 27.1. The predicted molar refractivity (Wildman–Crippen MR) is 287 cm³/mol. The van der Waals surface area contributed by atoms with Crippen LogP contribution in [0.5, 0.6) is 28.7 Å². The summed E-state index contributed by atoms with van der Waals surface area (Å²) in [6, 6.07) is 34.3. The molecule has 17 heteroatoms. The number of nitrogens with zero attached hydrogens (tertiary/aromatic N) is 3. The van der Waals surface area contributed by atoms with Crippen LogP contribution in [0.25, 0.3) is 0 Å². The number of unbranched alkanes of at least 4 members (excludes halogenated alkanes) is 2. The number of oxime groups is 1. The number of amides is 1. The third-order valence-electron chi connectivity index (χ3n) is 14.5. The average molecular weight is 1060 g/mol. The molecule has 2 aliphatic heterocycles. The molecule has 6 atom stereocenters. The fourth-order valence-electron chi connectivity index (χ4n) is 11.0. The topological polar surface area (TPSA) is 190 Å². The second-order valence-electron chi connectivity index (χ2n) is 19.2. The molecule has 1 saturated carbocycles. The Morgan fingerprint density at radius 3 is 2.33 bits per heavy atom. The van der Waals surface area contributed by atoms with Crippen LogP contribution in [0.15, 0.2) is 150 Å². The van der Waals surface area contributed by atoms with Crippen molar-refractivity contribution in [2.24, 2.45) is 22.9 Å². The summed E-state index contributed by atoms with van der Waals surface area (Å²) in [6.45, 7) is 4.73. The average Bonchev–Trinajstić information content (AvgIpc) is 4.06. The zero-order chi connectivity index (χ0) is 52.9. The van der Waals surface area contributed by atoms with Crippen LogP contribution in [-0.4, -0.2) is 89.8 Å². The molecular formula is C59H65N3O13S. The van der Waals surface area contributed by atoms with E-state index in [0.717, 1.165) is 52.8 Å². The summed E-state index contributed by atoms with van der Waals surface area (Å²) >= 11 is 1.65. The summed E-state index contributed by atoms with van der Waals surface area (Å²) in [6.07, 6.45) is 9.58. The van der Waals surface area contributed by atoms with Crippen LogP contribution >= 0.6 is 11.8 Å². The summed E-state index contributed by atoms with van der Waals surface area (Å²) in [4.78, 5) is 35.3. The van der Waals surface area contributed by atoms with E-state index in [1.807, 2.05) is 97.3 Å². The van der Waals surface area contributed by atoms with Gasteiger partial charge in [0.25, 0.3) is 5.69 Å². The number of rotatable bonds is 26. The second-order valence-corrected chi connectivity index (χ2v) is 20.1. The van der Waals surface area contributed by atoms with E-state index in [4.69, 9.17) is 43.2 Å². The van der Waals surface area contributed by atoms with Crippen LogP contribution in [0, 0.1) is 27.9 Å². The number of hydrogen-bond acceptors (Lipinski definition) is 15. The third kappa shape index (κ3) is 12.5. The summed E-state index contributed by atoms with van der Waals surface area (Å²) < 4.78 is 45.0. The fourth-order valence-corrected chi connectivity index (χ4v) is 11.4. The van der Waals surface area contributed by atoms with Gasteiger partial charge in [0.05, 0.1) is 36.4 Å². The van der Waals surface area contributed by atoms with Gasteiger partial charge < -0.3 is 48.2 Å².